The number of hydrogen-bond donors (Lipinski definition) is 2. The molecule has 110 valence electrons. The molecule has 0 heterocycles. The Kier molecular flexibility index (Phi) is 8.73. The molecule has 5 heteroatoms. The standard InChI is InChI=1S/C14H25O4P/c1-12(2)7-5-8-13(3)9-6-10-14(4)11-18-19(15,16)17/h7,9,11H,5-6,8,10H2,1-4H3,(H2,15,16,17)/b13-9+,14-11+. The topological polar surface area (TPSA) is 66.8 Å². The smallest absolute Gasteiger partial charge is 0.412 e. The molecule has 0 radical (unpaired) electrons. The van der Waals surface area contributed by atoms with Crippen molar-refractivity contribution >= 4 is 7.82 Å². The lowest BCUT2D eigenvalue weighted by Gasteiger charge is -2.04. The maximum atomic E-state index is 10.5. The maximum absolute atomic E-state index is 10.5. The highest BCUT2D eigenvalue weighted by Gasteiger charge is 2.11. The van der Waals surface area contributed by atoms with Crippen LogP contribution in [0.5, 0.6) is 0 Å². The van der Waals surface area contributed by atoms with Crippen LogP contribution in [0.15, 0.2) is 35.1 Å². The van der Waals surface area contributed by atoms with Crippen LogP contribution >= 0.6 is 7.82 Å². The van der Waals surface area contributed by atoms with Crippen molar-refractivity contribution in [2.45, 2.75) is 53.4 Å². The normalized spacial score (nSPS) is 13.4. The van der Waals surface area contributed by atoms with E-state index in [1.807, 2.05) is 0 Å². The van der Waals surface area contributed by atoms with Gasteiger partial charge in [-0.2, -0.15) is 0 Å². The van der Waals surface area contributed by atoms with Gasteiger partial charge in [-0.1, -0.05) is 23.3 Å². The van der Waals surface area contributed by atoms with Crippen molar-refractivity contribution in [1.29, 1.82) is 0 Å². The number of allylic oxidation sites excluding steroid dienone is 5. The first-order valence-electron chi connectivity index (χ1n) is 6.39. The van der Waals surface area contributed by atoms with Crippen LogP contribution in [-0.2, 0) is 9.09 Å². The molecule has 0 aromatic carbocycles. The second-order valence-electron chi connectivity index (χ2n) is 4.97. The lowest BCUT2D eigenvalue weighted by atomic mass is 10.1. The SMILES string of the molecule is CC(C)=CCC/C(C)=C/CC/C(C)=C/OP(=O)(O)O. The van der Waals surface area contributed by atoms with Crippen molar-refractivity contribution in [3.05, 3.63) is 35.1 Å². The molecular weight excluding hydrogens is 263 g/mol. The largest absolute Gasteiger partial charge is 0.524 e. The molecule has 0 rings (SSSR count). The maximum Gasteiger partial charge on any atom is 0.524 e. The minimum Gasteiger partial charge on any atom is -0.412 e. The quantitative estimate of drug-likeness (QED) is 0.393. The molecule has 0 aromatic heterocycles. The van der Waals surface area contributed by atoms with Gasteiger partial charge in [0.15, 0.2) is 0 Å². The highest BCUT2D eigenvalue weighted by molar-refractivity contribution is 7.46. The molecular formula is C14H25O4P. The van der Waals surface area contributed by atoms with Crippen LogP contribution in [0.4, 0.5) is 0 Å². The Morgan fingerprint density at radius 1 is 1.00 bits per heavy atom. The lowest BCUT2D eigenvalue weighted by Crippen LogP contribution is -1.83. The third kappa shape index (κ3) is 13.4. The summed E-state index contributed by atoms with van der Waals surface area (Å²) in [7, 11) is -4.39. The van der Waals surface area contributed by atoms with E-state index in [2.05, 4.69) is 37.4 Å². The van der Waals surface area contributed by atoms with E-state index in [0.717, 1.165) is 37.5 Å². The number of phosphoric ester groups is 1. The summed E-state index contributed by atoms with van der Waals surface area (Å²) in [6.07, 6.45) is 9.22. The van der Waals surface area contributed by atoms with Gasteiger partial charge in [0, 0.05) is 0 Å². The van der Waals surface area contributed by atoms with Crippen LogP contribution in [0.1, 0.15) is 53.4 Å². The predicted octanol–water partition coefficient (Wildman–Crippen LogP) is 4.47. The van der Waals surface area contributed by atoms with E-state index in [4.69, 9.17) is 9.79 Å². The Bertz CT molecular complexity index is 398. The van der Waals surface area contributed by atoms with Gasteiger partial charge in [0.2, 0.25) is 0 Å². The van der Waals surface area contributed by atoms with Crippen LogP contribution in [0.25, 0.3) is 0 Å². The van der Waals surface area contributed by atoms with Gasteiger partial charge in [-0.05, 0) is 59.0 Å². The lowest BCUT2D eigenvalue weighted by molar-refractivity contribution is 0.257. The van der Waals surface area contributed by atoms with Gasteiger partial charge in [0.05, 0.1) is 6.26 Å². The zero-order valence-corrected chi connectivity index (χ0v) is 13.1. The Hall–Kier alpha value is -0.830. The summed E-state index contributed by atoms with van der Waals surface area (Å²) in [6, 6.07) is 0. The molecule has 0 saturated carbocycles. The van der Waals surface area contributed by atoms with Crippen LogP contribution in [-0.4, -0.2) is 9.79 Å². The number of phosphoric acid groups is 1. The molecule has 0 atom stereocenters. The molecule has 0 fully saturated rings. The summed E-state index contributed by atoms with van der Waals surface area (Å²) in [5, 5.41) is 0. The Balaban J connectivity index is 4.00. The first kappa shape index (κ1) is 18.2. The molecule has 0 aliphatic carbocycles. The fraction of sp³-hybridized carbons (Fsp3) is 0.571. The van der Waals surface area contributed by atoms with Gasteiger partial charge in [0.1, 0.15) is 0 Å². The van der Waals surface area contributed by atoms with Gasteiger partial charge in [-0.15, -0.1) is 0 Å². The van der Waals surface area contributed by atoms with Crippen molar-refractivity contribution < 1.29 is 18.9 Å². The fourth-order valence-electron chi connectivity index (χ4n) is 1.45. The van der Waals surface area contributed by atoms with Gasteiger partial charge < -0.3 is 4.52 Å². The molecule has 4 nitrogen and oxygen atoms in total. The zero-order valence-electron chi connectivity index (χ0n) is 12.2. The van der Waals surface area contributed by atoms with Crippen LogP contribution in [0.3, 0.4) is 0 Å². The second-order valence-corrected chi connectivity index (χ2v) is 6.16. The summed E-state index contributed by atoms with van der Waals surface area (Å²) in [5.41, 5.74) is 3.49. The van der Waals surface area contributed by atoms with Crippen molar-refractivity contribution in [2.24, 2.45) is 0 Å². The van der Waals surface area contributed by atoms with Crippen molar-refractivity contribution in [1.82, 2.24) is 0 Å². The zero-order chi connectivity index (χ0) is 14.9. The molecule has 0 aliphatic rings. The first-order valence-corrected chi connectivity index (χ1v) is 7.92. The number of rotatable bonds is 8. The molecule has 0 bridgehead atoms. The molecule has 19 heavy (non-hydrogen) atoms. The Labute approximate surface area is 116 Å². The average molecular weight is 288 g/mol. The third-order valence-corrected chi connectivity index (χ3v) is 2.89. The predicted molar refractivity (Wildman–Crippen MR) is 78.5 cm³/mol. The highest BCUT2D eigenvalue weighted by atomic mass is 31.2. The van der Waals surface area contributed by atoms with Gasteiger partial charge in [-0.3, -0.25) is 9.79 Å². The minimum absolute atomic E-state index is 0.736. The van der Waals surface area contributed by atoms with Gasteiger partial charge in [0.25, 0.3) is 0 Å². The van der Waals surface area contributed by atoms with E-state index >= 15 is 0 Å². The van der Waals surface area contributed by atoms with E-state index < -0.39 is 7.82 Å². The molecule has 0 aromatic rings. The average Bonchev–Trinajstić information content (AvgIpc) is 2.25. The Morgan fingerprint density at radius 2 is 1.53 bits per heavy atom. The van der Waals surface area contributed by atoms with E-state index in [0.29, 0.717) is 0 Å². The second kappa shape index (κ2) is 9.13. The summed E-state index contributed by atoms with van der Waals surface area (Å²) in [4.78, 5) is 17.1. The summed E-state index contributed by atoms with van der Waals surface area (Å²) in [5.74, 6) is 0. The van der Waals surface area contributed by atoms with Crippen LogP contribution < -0.4 is 0 Å². The van der Waals surface area contributed by atoms with Crippen LogP contribution in [0.2, 0.25) is 0 Å². The van der Waals surface area contributed by atoms with Crippen LogP contribution in [0, 0.1) is 0 Å². The Morgan fingerprint density at radius 3 is 2.05 bits per heavy atom. The molecule has 2 N–H and O–H groups in total. The summed E-state index contributed by atoms with van der Waals surface area (Å²) in [6.45, 7) is 8.08. The number of hydrogen-bond acceptors (Lipinski definition) is 2. The molecule has 0 unspecified atom stereocenters. The van der Waals surface area contributed by atoms with E-state index in [9.17, 15) is 4.57 Å². The van der Waals surface area contributed by atoms with Gasteiger partial charge in [-0.25, -0.2) is 4.57 Å². The summed E-state index contributed by atoms with van der Waals surface area (Å²) >= 11 is 0. The van der Waals surface area contributed by atoms with Gasteiger partial charge >= 0.3 is 7.82 Å². The van der Waals surface area contributed by atoms with Crippen molar-refractivity contribution in [2.75, 3.05) is 0 Å². The minimum atomic E-state index is -4.39. The third-order valence-electron chi connectivity index (χ3n) is 2.51. The molecule has 0 aliphatic heterocycles. The van der Waals surface area contributed by atoms with E-state index in [1.165, 1.54) is 11.1 Å². The summed E-state index contributed by atoms with van der Waals surface area (Å²) < 4.78 is 14.8. The van der Waals surface area contributed by atoms with E-state index in [1.54, 1.807) is 6.92 Å². The fourth-order valence-corrected chi connectivity index (χ4v) is 1.77. The molecule has 0 saturated heterocycles. The van der Waals surface area contributed by atoms with Crippen molar-refractivity contribution in [3.63, 3.8) is 0 Å². The monoisotopic (exact) mass is 288 g/mol. The highest BCUT2D eigenvalue weighted by Crippen LogP contribution is 2.36. The molecule has 0 amide bonds. The first-order chi connectivity index (χ1) is 8.70. The van der Waals surface area contributed by atoms with E-state index in [-0.39, 0.29) is 0 Å². The van der Waals surface area contributed by atoms with Crippen molar-refractivity contribution in [3.8, 4) is 0 Å². The molecule has 0 spiro atoms.